The third-order valence-corrected chi connectivity index (χ3v) is 4.95. The van der Waals surface area contributed by atoms with Crippen molar-refractivity contribution in [2.45, 2.75) is 64.5 Å². The normalized spacial score (nSPS) is 36.9. The molecule has 3 nitrogen and oxygen atoms in total. The minimum absolute atomic E-state index is 0.239. The van der Waals surface area contributed by atoms with Crippen molar-refractivity contribution >= 4 is 0 Å². The van der Waals surface area contributed by atoms with Gasteiger partial charge in [-0.05, 0) is 51.5 Å². The van der Waals surface area contributed by atoms with Gasteiger partial charge in [0.05, 0.1) is 18.1 Å². The van der Waals surface area contributed by atoms with E-state index in [2.05, 4.69) is 24.8 Å². The van der Waals surface area contributed by atoms with Crippen molar-refractivity contribution in [1.82, 2.24) is 4.90 Å². The van der Waals surface area contributed by atoms with E-state index in [1.165, 1.54) is 32.1 Å². The zero-order chi connectivity index (χ0) is 13.7. The second-order valence-corrected chi connectivity index (χ2v) is 6.10. The van der Waals surface area contributed by atoms with Crippen LogP contribution in [0.5, 0.6) is 0 Å². The van der Waals surface area contributed by atoms with E-state index in [4.69, 9.17) is 4.74 Å². The lowest BCUT2D eigenvalue weighted by molar-refractivity contribution is -0.0227. The van der Waals surface area contributed by atoms with Crippen LogP contribution in [0.2, 0.25) is 0 Å². The lowest BCUT2D eigenvalue weighted by Gasteiger charge is -2.43. The number of likely N-dealkylation sites (tertiary alicyclic amines) is 1. The summed E-state index contributed by atoms with van der Waals surface area (Å²) < 4.78 is 5.80. The summed E-state index contributed by atoms with van der Waals surface area (Å²) in [4.78, 5) is 2.56. The molecule has 4 atom stereocenters. The monoisotopic (exact) mass is 264 g/mol. The van der Waals surface area contributed by atoms with Crippen LogP contribution in [-0.4, -0.2) is 36.7 Å². The Morgan fingerprint density at radius 3 is 2.79 bits per heavy atom. The van der Waals surface area contributed by atoms with Crippen molar-refractivity contribution in [1.29, 1.82) is 5.26 Å². The highest BCUT2D eigenvalue weighted by Crippen LogP contribution is 2.35. The summed E-state index contributed by atoms with van der Waals surface area (Å²) in [5.74, 6) is 1.06. The first-order valence-electron chi connectivity index (χ1n) is 8.03. The van der Waals surface area contributed by atoms with E-state index in [0.29, 0.717) is 12.1 Å². The fourth-order valence-electron chi connectivity index (χ4n) is 3.80. The average molecular weight is 264 g/mol. The molecule has 0 amide bonds. The maximum atomic E-state index is 9.41. The Kier molecular flexibility index (Phi) is 5.66. The molecule has 0 bridgehead atoms. The van der Waals surface area contributed by atoms with E-state index in [1.807, 2.05) is 0 Å². The van der Waals surface area contributed by atoms with E-state index in [9.17, 15) is 5.26 Å². The maximum Gasteiger partial charge on any atom is 0.0702 e. The molecule has 2 aliphatic rings. The topological polar surface area (TPSA) is 36.3 Å². The highest BCUT2D eigenvalue weighted by molar-refractivity contribution is 4.98. The zero-order valence-electron chi connectivity index (χ0n) is 12.5. The SMILES string of the molecule is CCOC1CCCN(C2CC(CC)CCC2C#N)C1. The van der Waals surface area contributed by atoms with Gasteiger partial charge in [0.2, 0.25) is 0 Å². The van der Waals surface area contributed by atoms with E-state index < -0.39 is 0 Å². The van der Waals surface area contributed by atoms with Gasteiger partial charge >= 0.3 is 0 Å². The Morgan fingerprint density at radius 2 is 2.11 bits per heavy atom. The maximum absolute atomic E-state index is 9.41. The number of hydrogen-bond donors (Lipinski definition) is 0. The van der Waals surface area contributed by atoms with Crippen molar-refractivity contribution in [3.63, 3.8) is 0 Å². The molecule has 108 valence electrons. The van der Waals surface area contributed by atoms with Crippen LogP contribution in [0.4, 0.5) is 0 Å². The van der Waals surface area contributed by atoms with Gasteiger partial charge in [-0.3, -0.25) is 4.90 Å². The lowest BCUT2D eigenvalue weighted by Crippen LogP contribution is -2.50. The van der Waals surface area contributed by atoms with Gasteiger partial charge in [-0.15, -0.1) is 0 Å². The minimum atomic E-state index is 0.239. The number of piperidine rings is 1. The summed E-state index contributed by atoms with van der Waals surface area (Å²) in [7, 11) is 0. The summed E-state index contributed by atoms with van der Waals surface area (Å²) in [5, 5.41) is 9.41. The average Bonchev–Trinajstić information content (AvgIpc) is 2.47. The molecular weight excluding hydrogens is 236 g/mol. The third-order valence-electron chi connectivity index (χ3n) is 4.95. The van der Waals surface area contributed by atoms with Gasteiger partial charge in [-0.25, -0.2) is 0 Å². The Hall–Kier alpha value is -0.590. The number of rotatable bonds is 4. The Bertz CT molecular complexity index is 310. The van der Waals surface area contributed by atoms with Crippen LogP contribution < -0.4 is 0 Å². The molecule has 0 spiro atoms. The summed E-state index contributed by atoms with van der Waals surface area (Å²) in [6.45, 7) is 7.36. The number of ether oxygens (including phenoxy) is 1. The smallest absolute Gasteiger partial charge is 0.0702 e. The van der Waals surface area contributed by atoms with Crippen LogP contribution >= 0.6 is 0 Å². The minimum Gasteiger partial charge on any atom is -0.377 e. The molecule has 3 heteroatoms. The van der Waals surface area contributed by atoms with Crippen LogP contribution in [0, 0.1) is 23.2 Å². The second-order valence-electron chi connectivity index (χ2n) is 6.10. The van der Waals surface area contributed by atoms with Gasteiger partial charge in [0.15, 0.2) is 0 Å². The molecule has 0 aromatic heterocycles. The van der Waals surface area contributed by atoms with Crippen LogP contribution in [0.25, 0.3) is 0 Å². The first-order chi connectivity index (χ1) is 9.28. The molecule has 19 heavy (non-hydrogen) atoms. The molecule has 1 heterocycles. The van der Waals surface area contributed by atoms with Crippen LogP contribution in [0.3, 0.4) is 0 Å². The number of nitriles is 1. The first-order valence-corrected chi connectivity index (χ1v) is 8.03. The van der Waals surface area contributed by atoms with E-state index in [1.54, 1.807) is 0 Å². The van der Waals surface area contributed by atoms with Crippen molar-refractivity contribution in [2.75, 3.05) is 19.7 Å². The summed E-state index contributed by atoms with van der Waals surface area (Å²) >= 11 is 0. The first kappa shape index (κ1) is 14.8. The van der Waals surface area contributed by atoms with Crippen molar-refractivity contribution in [3.8, 4) is 6.07 Å². The molecule has 0 aromatic carbocycles. The number of nitrogens with zero attached hydrogens (tertiary/aromatic N) is 2. The molecule has 2 fully saturated rings. The fourth-order valence-corrected chi connectivity index (χ4v) is 3.80. The largest absolute Gasteiger partial charge is 0.377 e. The Morgan fingerprint density at radius 1 is 1.26 bits per heavy atom. The fraction of sp³-hybridized carbons (Fsp3) is 0.938. The van der Waals surface area contributed by atoms with Crippen molar-refractivity contribution in [2.24, 2.45) is 11.8 Å². The molecule has 1 saturated heterocycles. The molecule has 2 rings (SSSR count). The van der Waals surface area contributed by atoms with Gasteiger partial charge in [0.1, 0.15) is 0 Å². The molecule has 0 aromatic rings. The van der Waals surface area contributed by atoms with E-state index in [-0.39, 0.29) is 5.92 Å². The predicted molar refractivity (Wildman–Crippen MR) is 76.7 cm³/mol. The molecule has 1 saturated carbocycles. The molecular formula is C16H28N2O. The summed E-state index contributed by atoms with van der Waals surface area (Å²) in [6, 6.07) is 3.04. The van der Waals surface area contributed by atoms with E-state index in [0.717, 1.165) is 32.0 Å². The molecule has 0 radical (unpaired) electrons. The van der Waals surface area contributed by atoms with Crippen LogP contribution in [-0.2, 0) is 4.74 Å². The molecule has 1 aliphatic carbocycles. The molecule has 0 N–H and O–H groups in total. The Labute approximate surface area is 117 Å². The third kappa shape index (κ3) is 3.70. The molecule has 1 aliphatic heterocycles. The van der Waals surface area contributed by atoms with Gasteiger partial charge in [-0.1, -0.05) is 13.3 Å². The number of hydrogen-bond acceptors (Lipinski definition) is 3. The van der Waals surface area contributed by atoms with Gasteiger partial charge in [-0.2, -0.15) is 5.26 Å². The van der Waals surface area contributed by atoms with Crippen LogP contribution in [0.15, 0.2) is 0 Å². The van der Waals surface area contributed by atoms with Gasteiger partial charge < -0.3 is 4.74 Å². The van der Waals surface area contributed by atoms with Crippen LogP contribution in [0.1, 0.15) is 52.4 Å². The summed E-state index contributed by atoms with van der Waals surface area (Å²) in [6.07, 6.45) is 7.61. The molecule has 4 unspecified atom stereocenters. The quantitative estimate of drug-likeness (QED) is 0.782. The standard InChI is InChI=1S/C16H28N2O/c1-3-13-7-8-14(11-17)16(10-13)18-9-5-6-15(12-18)19-4-2/h13-16H,3-10,12H2,1-2H3. The Balaban J connectivity index is 1.98. The second kappa shape index (κ2) is 7.26. The highest BCUT2D eigenvalue weighted by Gasteiger charge is 2.36. The predicted octanol–water partition coefficient (Wildman–Crippen LogP) is 3.21. The lowest BCUT2D eigenvalue weighted by atomic mass is 9.76. The van der Waals surface area contributed by atoms with Crippen molar-refractivity contribution in [3.05, 3.63) is 0 Å². The van der Waals surface area contributed by atoms with Gasteiger partial charge in [0, 0.05) is 19.2 Å². The highest BCUT2D eigenvalue weighted by atomic mass is 16.5. The van der Waals surface area contributed by atoms with Crippen molar-refractivity contribution < 1.29 is 4.74 Å². The van der Waals surface area contributed by atoms with Gasteiger partial charge in [0.25, 0.3) is 0 Å². The van der Waals surface area contributed by atoms with E-state index >= 15 is 0 Å². The zero-order valence-corrected chi connectivity index (χ0v) is 12.5. The summed E-state index contributed by atoms with van der Waals surface area (Å²) in [5.41, 5.74) is 0.